The van der Waals surface area contributed by atoms with E-state index in [9.17, 15) is 4.79 Å². The number of H-pyrrole nitrogens is 1. The zero-order valence-corrected chi connectivity index (χ0v) is 11.3. The van der Waals surface area contributed by atoms with Gasteiger partial charge in [-0.25, -0.2) is 4.98 Å². The third-order valence-electron chi connectivity index (χ3n) is 2.78. The van der Waals surface area contributed by atoms with Crippen LogP contribution in [0.1, 0.15) is 12.5 Å². The summed E-state index contributed by atoms with van der Waals surface area (Å²) in [5, 5.41) is 10.4. The molecule has 19 heavy (non-hydrogen) atoms. The molecule has 1 aromatic carbocycles. The molecule has 3 rings (SSSR count). The Morgan fingerprint density at radius 2 is 2.26 bits per heavy atom. The van der Waals surface area contributed by atoms with E-state index in [1.807, 2.05) is 31.3 Å². The van der Waals surface area contributed by atoms with Crippen LogP contribution in [0.5, 0.6) is 0 Å². The van der Waals surface area contributed by atoms with Gasteiger partial charge in [0.1, 0.15) is 0 Å². The molecule has 5 nitrogen and oxygen atoms in total. The Balaban J connectivity index is 2.06. The van der Waals surface area contributed by atoms with Crippen LogP contribution in [0.4, 0.5) is 5.13 Å². The summed E-state index contributed by atoms with van der Waals surface area (Å²) in [5.74, 6) is -0.109. The summed E-state index contributed by atoms with van der Waals surface area (Å²) in [6.45, 7) is 3.49. The van der Waals surface area contributed by atoms with Gasteiger partial charge >= 0.3 is 0 Å². The molecule has 0 aliphatic carbocycles. The third-order valence-corrected chi connectivity index (χ3v) is 3.71. The number of carbonyl (C=O) groups excluding carboxylic acids is 1. The van der Waals surface area contributed by atoms with E-state index in [2.05, 4.69) is 20.5 Å². The average Bonchev–Trinajstić information content (AvgIpc) is 2.92. The summed E-state index contributed by atoms with van der Waals surface area (Å²) in [6, 6.07) is 5.98. The van der Waals surface area contributed by atoms with E-state index in [0.717, 1.165) is 27.0 Å². The van der Waals surface area contributed by atoms with E-state index in [1.165, 1.54) is 18.3 Å². The first-order chi connectivity index (χ1) is 9.13. The molecule has 0 radical (unpaired) electrons. The van der Waals surface area contributed by atoms with E-state index in [-0.39, 0.29) is 5.91 Å². The Morgan fingerprint density at radius 1 is 1.42 bits per heavy atom. The SMILES string of the molecule is CC(=O)Nc1nc2ccc(-c3n[nH]cc3C)cc2s1. The Kier molecular flexibility index (Phi) is 2.79. The Hall–Kier alpha value is -2.21. The molecule has 0 spiro atoms. The molecular formula is C13H12N4OS. The van der Waals surface area contributed by atoms with Crippen LogP contribution in [0.15, 0.2) is 24.4 Å². The van der Waals surface area contributed by atoms with Gasteiger partial charge in [0.05, 0.1) is 15.9 Å². The standard InChI is InChI=1S/C13H12N4OS/c1-7-6-14-17-12(7)9-3-4-10-11(5-9)19-13(16-10)15-8(2)18/h3-6H,1-2H3,(H,14,17)(H,15,16,18). The fraction of sp³-hybridized carbons (Fsp3) is 0.154. The molecule has 96 valence electrons. The molecule has 3 aromatic rings. The number of carbonyl (C=O) groups is 1. The molecule has 1 amide bonds. The number of fused-ring (bicyclic) bond motifs is 1. The molecular weight excluding hydrogens is 260 g/mol. The van der Waals surface area contributed by atoms with Crippen molar-refractivity contribution in [3.8, 4) is 11.3 Å². The van der Waals surface area contributed by atoms with E-state index in [1.54, 1.807) is 0 Å². The molecule has 2 heterocycles. The van der Waals surface area contributed by atoms with E-state index >= 15 is 0 Å². The van der Waals surface area contributed by atoms with Crippen LogP contribution < -0.4 is 5.32 Å². The summed E-state index contributed by atoms with van der Waals surface area (Å²) < 4.78 is 1.03. The van der Waals surface area contributed by atoms with Gasteiger partial charge in [-0.2, -0.15) is 5.10 Å². The molecule has 2 N–H and O–H groups in total. The highest BCUT2D eigenvalue weighted by molar-refractivity contribution is 7.22. The van der Waals surface area contributed by atoms with Crippen molar-refractivity contribution in [2.24, 2.45) is 0 Å². The lowest BCUT2D eigenvalue weighted by Gasteiger charge is -1.97. The van der Waals surface area contributed by atoms with Gasteiger partial charge in [0.25, 0.3) is 0 Å². The van der Waals surface area contributed by atoms with Crippen molar-refractivity contribution in [1.29, 1.82) is 0 Å². The molecule has 0 fully saturated rings. The molecule has 0 unspecified atom stereocenters. The van der Waals surface area contributed by atoms with Gasteiger partial charge in [0.15, 0.2) is 5.13 Å². The molecule has 0 aliphatic rings. The number of nitrogens with zero attached hydrogens (tertiary/aromatic N) is 2. The molecule has 0 saturated heterocycles. The molecule has 0 atom stereocenters. The number of rotatable bonds is 2. The van der Waals surface area contributed by atoms with Crippen LogP contribution in [-0.4, -0.2) is 21.1 Å². The van der Waals surface area contributed by atoms with Crippen molar-refractivity contribution < 1.29 is 4.79 Å². The normalized spacial score (nSPS) is 10.8. The van der Waals surface area contributed by atoms with Crippen LogP contribution in [0, 0.1) is 6.92 Å². The first-order valence-electron chi connectivity index (χ1n) is 5.82. The summed E-state index contributed by atoms with van der Waals surface area (Å²) in [7, 11) is 0. The lowest BCUT2D eigenvalue weighted by molar-refractivity contribution is -0.114. The van der Waals surface area contributed by atoms with Crippen LogP contribution in [0.2, 0.25) is 0 Å². The smallest absolute Gasteiger partial charge is 0.223 e. The molecule has 2 aromatic heterocycles. The van der Waals surface area contributed by atoms with Gasteiger partial charge in [-0.15, -0.1) is 0 Å². The van der Waals surface area contributed by atoms with Gasteiger partial charge in [0.2, 0.25) is 5.91 Å². The van der Waals surface area contributed by atoms with Crippen LogP contribution in [0.25, 0.3) is 21.5 Å². The maximum absolute atomic E-state index is 11.0. The van der Waals surface area contributed by atoms with Crippen molar-refractivity contribution in [1.82, 2.24) is 15.2 Å². The largest absolute Gasteiger partial charge is 0.302 e. The Morgan fingerprint density at radius 3 is 2.95 bits per heavy atom. The fourth-order valence-corrected chi connectivity index (χ4v) is 2.87. The van der Waals surface area contributed by atoms with Gasteiger partial charge < -0.3 is 5.32 Å². The van der Waals surface area contributed by atoms with Crippen LogP contribution in [-0.2, 0) is 4.79 Å². The Bertz CT molecular complexity index is 759. The minimum absolute atomic E-state index is 0.109. The van der Waals surface area contributed by atoms with E-state index in [4.69, 9.17) is 0 Å². The lowest BCUT2D eigenvalue weighted by atomic mass is 10.1. The van der Waals surface area contributed by atoms with Crippen molar-refractivity contribution in [3.05, 3.63) is 30.0 Å². The monoisotopic (exact) mass is 272 g/mol. The minimum Gasteiger partial charge on any atom is -0.302 e. The third kappa shape index (κ3) is 2.22. The van der Waals surface area contributed by atoms with Crippen LogP contribution in [0.3, 0.4) is 0 Å². The fourth-order valence-electron chi connectivity index (χ4n) is 1.92. The number of thiazole rings is 1. The predicted molar refractivity (Wildman–Crippen MR) is 76.2 cm³/mol. The Labute approximate surface area is 113 Å². The number of benzene rings is 1. The first kappa shape index (κ1) is 11.9. The topological polar surface area (TPSA) is 70.7 Å². The molecule has 0 saturated carbocycles. The maximum Gasteiger partial charge on any atom is 0.223 e. The van der Waals surface area contributed by atoms with Gasteiger partial charge in [-0.05, 0) is 24.6 Å². The number of aromatic nitrogens is 3. The number of anilines is 1. The van der Waals surface area contributed by atoms with E-state index in [0.29, 0.717) is 5.13 Å². The van der Waals surface area contributed by atoms with Crippen LogP contribution >= 0.6 is 11.3 Å². The van der Waals surface area contributed by atoms with Gasteiger partial charge in [0, 0.05) is 18.7 Å². The summed E-state index contributed by atoms with van der Waals surface area (Å²) >= 11 is 1.46. The van der Waals surface area contributed by atoms with Crippen molar-refractivity contribution in [3.63, 3.8) is 0 Å². The zero-order chi connectivity index (χ0) is 13.4. The summed E-state index contributed by atoms with van der Waals surface area (Å²) in [4.78, 5) is 15.4. The predicted octanol–water partition coefficient (Wildman–Crippen LogP) is 2.95. The number of nitrogens with one attached hydrogen (secondary N) is 2. The minimum atomic E-state index is -0.109. The average molecular weight is 272 g/mol. The molecule has 6 heteroatoms. The van der Waals surface area contributed by atoms with E-state index < -0.39 is 0 Å². The number of aromatic amines is 1. The summed E-state index contributed by atoms with van der Waals surface area (Å²) in [6.07, 6.45) is 1.87. The number of amides is 1. The molecule has 0 aliphatic heterocycles. The zero-order valence-electron chi connectivity index (χ0n) is 10.5. The number of hydrogen-bond donors (Lipinski definition) is 2. The second-order valence-electron chi connectivity index (χ2n) is 4.30. The molecule has 0 bridgehead atoms. The quantitative estimate of drug-likeness (QED) is 0.753. The second kappa shape index (κ2) is 4.47. The highest BCUT2D eigenvalue weighted by atomic mass is 32.1. The highest BCUT2D eigenvalue weighted by Crippen LogP contribution is 2.30. The highest BCUT2D eigenvalue weighted by Gasteiger charge is 2.09. The van der Waals surface area contributed by atoms with Gasteiger partial charge in [-0.3, -0.25) is 9.89 Å². The maximum atomic E-state index is 11.0. The summed E-state index contributed by atoms with van der Waals surface area (Å²) in [5.41, 5.74) is 3.97. The second-order valence-corrected chi connectivity index (χ2v) is 5.33. The van der Waals surface area contributed by atoms with Crippen molar-refractivity contribution in [2.75, 3.05) is 5.32 Å². The van der Waals surface area contributed by atoms with Gasteiger partial charge in [-0.1, -0.05) is 17.4 Å². The number of hydrogen-bond acceptors (Lipinski definition) is 4. The lowest BCUT2D eigenvalue weighted by Crippen LogP contribution is -2.04. The van der Waals surface area contributed by atoms with Crippen molar-refractivity contribution in [2.45, 2.75) is 13.8 Å². The van der Waals surface area contributed by atoms with Crippen molar-refractivity contribution >= 4 is 32.6 Å². The number of aryl methyl sites for hydroxylation is 1. The first-order valence-corrected chi connectivity index (χ1v) is 6.64.